The molecule has 1 aliphatic rings. The molecule has 9 heteroatoms. The number of hydrogen-bond acceptors (Lipinski definition) is 6. The first kappa shape index (κ1) is 23.1. The molecule has 0 bridgehead atoms. The molecule has 1 amide bonds. The lowest BCUT2D eigenvalue weighted by Gasteiger charge is -2.37. The predicted octanol–water partition coefficient (Wildman–Crippen LogP) is 3.58. The molecule has 31 heavy (non-hydrogen) atoms. The smallest absolute Gasteiger partial charge is 0.254 e. The molecule has 0 spiro atoms. The Balaban J connectivity index is 1.75. The SMILES string of the molecule is COCCCN(C)C1CCC(n2cc(C(N)=O)c(Nc3ccc(Cl)cc3)n2)C(C#N)C1. The van der Waals surface area contributed by atoms with Gasteiger partial charge < -0.3 is 20.7 Å². The van der Waals surface area contributed by atoms with E-state index in [4.69, 9.17) is 22.1 Å². The summed E-state index contributed by atoms with van der Waals surface area (Å²) < 4.78 is 6.87. The maximum absolute atomic E-state index is 12.0. The molecular weight excluding hydrogens is 416 g/mol. The summed E-state index contributed by atoms with van der Waals surface area (Å²) in [6, 6.07) is 9.80. The zero-order chi connectivity index (χ0) is 22.4. The van der Waals surface area contributed by atoms with Gasteiger partial charge in [0, 0.05) is 43.2 Å². The van der Waals surface area contributed by atoms with Crippen molar-refractivity contribution in [2.45, 2.75) is 37.8 Å². The van der Waals surface area contributed by atoms with Crippen molar-refractivity contribution >= 4 is 29.0 Å². The van der Waals surface area contributed by atoms with Crippen LogP contribution in [0.15, 0.2) is 30.5 Å². The van der Waals surface area contributed by atoms with Gasteiger partial charge in [0.05, 0.1) is 18.0 Å². The highest BCUT2D eigenvalue weighted by molar-refractivity contribution is 6.30. The summed E-state index contributed by atoms with van der Waals surface area (Å²) in [6.45, 7) is 1.66. The highest BCUT2D eigenvalue weighted by atomic mass is 35.5. The quantitative estimate of drug-likeness (QED) is 0.572. The number of anilines is 2. The van der Waals surface area contributed by atoms with Crippen LogP contribution < -0.4 is 11.1 Å². The maximum Gasteiger partial charge on any atom is 0.254 e. The average molecular weight is 445 g/mol. The number of primary amides is 1. The second-order valence-corrected chi connectivity index (χ2v) is 8.40. The number of ether oxygens (including phenoxy) is 1. The molecule has 3 atom stereocenters. The molecular formula is C22H29ClN6O2. The first-order valence-corrected chi connectivity index (χ1v) is 10.8. The number of nitriles is 1. The summed E-state index contributed by atoms with van der Waals surface area (Å²) in [6.07, 6.45) is 5.13. The van der Waals surface area contributed by atoms with Crippen molar-refractivity contribution in [1.29, 1.82) is 5.26 Å². The van der Waals surface area contributed by atoms with Gasteiger partial charge in [-0.25, -0.2) is 0 Å². The molecule has 0 aliphatic heterocycles. The molecule has 2 aromatic rings. The van der Waals surface area contributed by atoms with Crippen molar-refractivity contribution in [3.05, 3.63) is 41.0 Å². The van der Waals surface area contributed by atoms with E-state index in [-0.39, 0.29) is 12.0 Å². The minimum Gasteiger partial charge on any atom is -0.385 e. The van der Waals surface area contributed by atoms with Crippen LogP contribution in [0.2, 0.25) is 5.02 Å². The van der Waals surface area contributed by atoms with Crippen LogP contribution in [0.5, 0.6) is 0 Å². The van der Waals surface area contributed by atoms with Crippen molar-refractivity contribution in [1.82, 2.24) is 14.7 Å². The summed E-state index contributed by atoms with van der Waals surface area (Å²) >= 11 is 5.94. The predicted molar refractivity (Wildman–Crippen MR) is 120 cm³/mol. The molecule has 3 unspecified atom stereocenters. The summed E-state index contributed by atoms with van der Waals surface area (Å²) in [5, 5.41) is 18.2. The number of amides is 1. The van der Waals surface area contributed by atoms with Crippen LogP contribution in [0.25, 0.3) is 0 Å². The van der Waals surface area contributed by atoms with Crippen LogP contribution in [0.4, 0.5) is 11.5 Å². The van der Waals surface area contributed by atoms with Crippen LogP contribution in [-0.2, 0) is 4.74 Å². The number of rotatable bonds is 9. The second kappa shape index (κ2) is 10.6. The summed E-state index contributed by atoms with van der Waals surface area (Å²) in [7, 11) is 3.81. The molecule has 1 aliphatic carbocycles. The number of nitrogens with zero attached hydrogens (tertiary/aromatic N) is 4. The van der Waals surface area contributed by atoms with E-state index >= 15 is 0 Å². The van der Waals surface area contributed by atoms with Gasteiger partial charge in [0.2, 0.25) is 0 Å². The number of halogens is 1. The van der Waals surface area contributed by atoms with E-state index in [9.17, 15) is 10.1 Å². The molecule has 1 aromatic heterocycles. The van der Waals surface area contributed by atoms with Crippen molar-refractivity contribution in [2.24, 2.45) is 11.7 Å². The van der Waals surface area contributed by atoms with E-state index in [1.165, 1.54) is 0 Å². The van der Waals surface area contributed by atoms with Gasteiger partial charge in [-0.15, -0.1) is 0 Å². The number of carbonyl (C=O) groups is 1. The Morgan fingerprint density at radius 2 is 2.16 bits per heavy atom. The number of carbonyl (C=O) groups excluding carboxylic acids is 1. The molecule has 166 valence electrons. The van der Waals surface area contributed by atoms with Crippen molar-refractivity contribution in [2.75, 3.05) is 32.6 Å². The summed E-state index contributed by atoms with van der Waals surface area (Å²) in [4.78, 5) is 14.3. The zero-order valence-electron chi connectivity index (χ0n) is 17.9. The standard InChI is InChI=1S/C22H29ClN6O2/c1-28(10-3-11-31-2)18-8-9-20(15(12-18)13-24)29-14-19(21(25)30)22(27-29)26-17-6-4-16(23)5-7-17/h4-7,14-15,18,20H,3,8-12H2,1-2H3,(H2,25,30)(H,26,27). The van der Waals surface area contributed by atoms with Gasteiger partial charge in [-0.1, -0.05) is 11.6 Å². The molecule has 3 rings (SSSR count). The lowest BCUT2D eigenvalue weighted by molar-refractivity contribution is 0.1000. The van der Waals surface area contributed by atoms with Crippen LogP contribution in [0.3, 0.4) is 0 Å². The van der Waals surface area contributed by atoms with Gasteiger partial charge in [-0.2, -0.15) is 10.4 Å². The van der Waals surface area contributed by atoms with Gasteiger partial charge >= 0.3 is 0 Å². The topological polar surface area (TPSA) is 109 Å². The molecule has 8 nitrogen and oxygen atoms in total. The Bertz CT molecular complexity index is 923. The van der Waals surface area contributed by atoms with E-state index in [1.54, 1.807) is 42.3 Å². The lowest BCUT2D eigenvalue weighted by atomic mass is 9.82. The van der Waals surface area contributed by atoms with E-state index in [0.29, 0.717) is 22.4 Å². The minimum absolute atomic E-state index is 0.104. The highest BCUT2D eigenvalue weighted by Crippen LogP contribution is 2.36. The first-order chi connectivity index (χ1) is 14.9. The second-order valence-electron chi connectivity index (χ2n) is 7.96. The van der Waals surface area contributed by atoms with Crippen LogP contribution >= 0.6 is 11.6 Å². The van der Waals surface area contributed by atoms with Gasteiger partial charge in [-0.3, -0.25) is 9.48 Å². The maximum atomic E-state index is 12.0. The third kappa shape index (κ3) is 5.76. The van der Waals surface area contributed by atoms with Crippen molar-refractivity contribution in [3.63, 3.8) is 0 Å². The third-order valence-electron chi connectivity index (χ3n) is 5.88. The van der Waals surface area contributed by atoms with Crippen molar-refractivity contribution in [3.8, 4) is 6.07 Å². The van der Waals surface area contributed by atoms with Crippen LogP contribution in [0.1, 0.15) is 42.1 Å². The Hall–Kier alpha value is -2.60. The number of nitrogens with one attached hydrogen (secondary N) is 1. The van der Waals surface area contributed by atoms with Crippen LogP contribution in [-0.4, -0.2) is 53.9 Å². The Kier molecular flexibility index (Phi) is 7.91. The normalized spacial score (nSPS) is 21.1. The van der Waals surface area contributed by atoms with Gasteiger partial charge in [0.15, 0.2) is 5.82 Å². The number of hydrogen-bond donors (Lipinski definition) is 2. The zero-order valence-corrected chi connectivity index (χ0v) is 18.7. The van der Waals surface area contributed by atoms with Crippen molar-refractivity contribution < 1.29 is 9.53 Å². The molecule has 0 radical (unpaired) electrons. The van der Waals surface area contributed by atoms with E-state index < -0.39 is 5.91 Å². The molecule has 3 N–H and O–H groups in total. The molecule has 1 aromatic carbocycles. The fourth-order valence-corrected chi connectivity index (χ4v) is 4.26. The fraction of sp³-hybridized carbons (Fsp3) is 0.500. The lowest BCUT2D eigenvalue weighted by Crippen LogP contribution is -2.40. The highest BCUT2D eigenvalue weighted by Gasteiger charge is 2.34. The Morgan fingerprint density at radius 1 is 1.42 bits per heavy atom. The average Bonchev–Trinajstić information content (AvgIpc) is 3.19. The van der Waals surface area contributed by atoms with Gasteiger partial charge in [0.1, 0.15) is 5.56 Å². The largest absolute Gasteiger partial charge is 0.385 e. The van der Waals surface area contributed by atoms with Crippen LogP contribution in [0, 0.1) is 17.2 Å². The van der Waals surface area contributed by atoms with Gasteiger partial charge in [-0.05, 0) is 57.0 Å². The molecule has 0 saturated heterocycles. The molecule has 1 saturated carbocycles. The summed E-state index contributed by atoms with van der Waals surface area (Å²) in [5.41, 5.74) is 6.63. The number of methoxy groups -OCH3 is 1. The number of nitrogens with two attached hydrogens (primary N) is 1. The van der Waals surface area contributed by atoms with E-state index in [2.05, 4.69) is 28.4 Å². The van der Waals surface area contributed by atoms with Gasteiger partial charge in [0.25, 0.3) is 5.91 Å². The monoisotopic (exact) mass is 444 g/mol. The Morgan fingerprint density at radius 3 is 2.81 bits per heavy atom. The molecule has 1 fully saturated rings. The fourth-order valence-electron chi connectivity index (χ4n) is 4.13. The van der Waals surface area contributed by atoms with E-state index in [0.717, 1.165) is 44.5 Å². The van der Waals surface area contributed by atoms with E-state index in [1.807, 2.05) is 0 Å². The third-order valence-corrected chi connectivity index (χ3v) is 6.13. The Labute approximate surface area is 187 Å². The summed E-state index contributed by atoms with van der Waals surface area (Å²) in [5.74, 6) is -0.388. The number of aromatic nitrogens is 2. The first-order valence-electron chi connectivity index (χ1n) is 10.4. The number of benzene rings is 1. The molecule has 1 heterocycles. The minimum atomic E-state index is -0.567.